The third kappa shape index (κ3) is 3.70. The Hall–Kier alpha value is -2.92. The van der Waals surface area contributed by atoms with E-state index in [0.717, 1.165) is 11.1 Å². The molecule has 0 radical (unpaired) electrons. The largest absolute Gasteiger partial charge is 0.444 e. The van der Waals surface area contributed by atoms with Crippen molar-refractivity contribution in [2.45, 2.75) is 6.54 Å². The van der Waals surface area contributed by atoms with Crippen LogP contribution in [0.15, 0.2) is 71.6 Å². The number of oxazole rings is 1. The average molecular weight is 322 g/mol. The van der Waals surface area contributed by atoms with E-state index in [9.17, 15) is 9.90 Å². The molecular formula is C19H18N2O3. The zero-order valence-corrected chi connectivity index (χ0v) is 13.1. The van der Waals surface area contributed by atoms with Crippen molar-refractivity contribution >= 4 is 5.91 Å². The Labute approximate surface area is 140 Å². The van der Waals surface area contributed by atoms with Crippen molar-refractivity contribution in [3.05, 3.63) is 78.3 Å². The van der Waals surface area contributed by atoms with E-state index in [0.29, 0.717) is 17.9 Å². The summed E-state index contributed by atoms with van der Waals surface area (Å²) >= 11 is 0. The van der Waals surface area contributed by atoms with E-state index >= 15 is 0 Å². The molecule has 0 bridgehead atoms. The number of benzene rings is 2. The maximum absolute atomic E-state index is 12.7. The monoisotopic (exact) mass is 322 g/mol. The van der Waals surface area contributed by atoms with Gasteiger partial charge in [0.1, 0.15) is 0 Å². The molecule has 3 aromatic rings. The van der Waals surface area contributed by atoms with Crippen molar-refractivity contribution in [2.75, 3.05) is 13.2 Å². The van der Waals surface area contributed by atoms with Gasteiger partial charge in [0.15, 0.2) is 12.2 Å². The Morgan fingerprint density at radius 3 is 2.46 bits per heavy atom. The molecule has 0 saturated heterocycles. The van der Waals surface area contributed by atoms with E-state index in [1.165, 1.54) is 6.39 Å². The van der Waals surface area contributed by atoms with E-state index in [-0.39, 0.29) is 19.1 Å². The van der Waals surface area contributed by atoms with Crippen LogP contribution in [-0.4, -0.2) is 34.0 Å². The van der Waals surface area contributed by atoms with Gasteiger partial charge in [-0.2, -0.15) is 0 Å². The number of hydrogen-bond donors (Lipinski definition) is 1. The number of carbonyl (C=O) groups excluding carboxylic acids is 1. The normalized spacial score (nSPS) is 10.5. The summed E-state index contributed by atoms with van der Waals surface area (Å²) < 4.78 is 5.25. The molecule has 0 spiro atoms. The van der Waals surface area contributed by atoms with Crippen LogP contribution < -0.4 is 0 Å². The van der Waals surface area contributed by atoms with Gasteiger partial charge in [0.2, 0.25) is 0 Å². The van der Waals surface area contributed by atoms with Crippen molar-refractivity contribution in [3.8, 4) is 11.3 Å². The highest BCUT2D eigenvalue weighted by molar-refractivity contribution is 5.94. The minimum atomic E-state index is -0.114. The summed E-state index contributed by atoms with van der Waals surface area (Å²) in [6.07, 6.45) is 3.00. The fraction of sp³-hybridized carbons (Fsp3) is 0.158. The maximum atomic E-state index is 12.7. The van der Waals surface area contributed by atoms with Gasteiger partial charge >= 0.3 is 0 Å². The summed E-state index contributed by atoms with van der Waals surface area (Å²) in [5.74, 6) is 0.544. The van der Waals surface area contributed by atoms with Crippen LogP contribution in [0.2, 0.25) is 0 Å². The molecule has 0 fully saturated rings. The quantitative estimate of drug-likeness (QED) is 0.757. The molecule has 0 atom stereocenters. The highest BCUT2D eigenvalue weighted by Gasteiger charge is 2.16. The summed E-state index contributed by atoms with van der Waals surface area (Å²) in [7, 11) is 0. The van der Waals surface area contributed by atoms with Crippen LogP contribution in [0.25, 0.3) is 11.3 Å². The second-order valence-corrected chi connectivity index (χ2v) is 5.38. The number of nitrogens with zero attached hydrogens (tertiary/aromatic N) is 2. The minimum absolute atomic E-state index is 0.0747. The number of aromatic nitrogens is 1. The average Bonchev–Trinajstić information content (AvgIpc) is 3.16. The van der Waals surface area contributed by atoms with E-state index in [1.54, 1.807) is 23.2 Å². The van der Waals surface area contributed by atoms with E-state index < -0.39 is 0 Å². The van der Waals surface area contributed by atoms with Crippen molar-refractivity contribution in [3.63, 3.8) is 0 Å². The maximum Gasteiger partial charge on any atom is 0.254 e. The lowest BCUT2D eigenvalue weighted by atomic mass is 10.1. The van der Waals surface area contributed by atoms with Gasteiger partial charge < -0.3 is 14.4 Å². The molecular weight excluding hydrogens is 304 g/mol. The van der Waals surface area contributed by atoms with Gasteiger partial charge in [-0.25, -0.2) is 4.98 Å². The predicted octanol–water partition coefficient (Wildman–Crippen LogP) is 2.98. The first-order valence-corrected chi connectivity index (χ1v) is 7.71. The van der Waals surface area contributed by atoms with Gasteiger partial charge in [0, 0.05) is 24.2 Å². The fourth-order valence-corrected chi connectivity index (χ4v) is 2.49. The Kier molecular flexibility index (Phi) is 5.03. The molecule has 0 saturated carbocycles. The van der Waals surface area contributed by atoms with E-state index in [2.05, 4.69) is 4.98 Å². The molecule has 1 heterocycles. The zero-order chi connectivity index (χ0) is 16.8. The Morgan fingerprint density at radius 2 is 1.83 bits per heavy atom. The summed E-state index contributed by atoms with van der Waals surface area (Å²) in [5, 5.41) is 9.27. The molecule has 5 nitrogen and oxygen atoms in total. The fourth-order valence-electron chi connectivity index (χ4n) is 2.49. The number of aliphatic hydroxyl groups excluding tert-OH is 1. The number of amides is 1. The van der Waals surface area contributed by atoms with Crippen LogP contribution in [0.5, 0.6) is 0 Å². The van der Waals surface area contributed by atoms with Crippen LogP contribution in [0, 0.1) is 0 Å². The molecule has 24 heavy (non-hydrogen) atoms. The predicted molar refractivity (Wildman–Crippen MR) is 90.2 cm³/mol. The number of carbonyl (C=O) groups is 1. The third-order valence-electron chi connectivity index (χ3n) is 3.72. The topological polar surface area (TPSA) is 66.6 Å². The minimum Gasteiger partial charge on any atom is -0.444 e. The highest BCUT2D eigenvalue weighted by Crippen LogP contribution is 2.20. The SMILES string of the molecule is O=C(c1ccc(-c2cnco2)cc1)N(CCO)Cc1ccccc1. The molecule has 1 amide bonds. The summed E-state index contributed by atoms with van der Waals surface area (Å²) in [5.41, 5.74) is 2.46. The molecule has 122 valence electrons. The molecule has 1 N–H and O–H groups in total. The van der Waals surface area contributed by atoms with Crippen molar-refractivity contribution in [1.82, 2.24) is 9.88 Å². The van der Waals surface area contributed by atoms with Gasteiger partial charge in [0.25, 0.3) is 5.91 Å². The number of aliphatic hydroxyl groups is 1. The third-order valence-corrected chi connectivity index (χ3v) is 3.72. The number of rotatable bonds is 6. The summed E-state index contributed by atoms with van der Waals surface area (Å²) in [6.45, 7) is 0.677. The molecule has 2 aromatic carbocycles. The first-order chi connectivity index (χ1) is 11.8. The first-order valence-electron chi connectivity index (χ1n) is 7.71. The number of hydrogen-bond acceptors (Lipinski definition) is 4. The second-order valence-electron chi connectivity index (χ2n) is 5.38. The lowest BCUT2D eigenvalue weighted by Crippen LogP contribution is -2.33. The summed E-state index contributed by atoms with van der Waals surface area (Å²) in [6, 6.07) is 16.9. The molecule has 0 unspecified atom stereocenters. The molecule has 0 aliphatic rings. The van der Waals surface area contributed by atoms with Crippen molar-refractivity contribution in [1.29, 1.82) is 0 Å². The molecule has 1 aromatic heterocycles. The molecule has 3 rings (SSSR count). The van der Waals surface area contributed by atoms with Gasteiger partial charge in [0.05, 0.1) is 12.8 Å². The summed E-state index contributed by atoms with van der Waals surface area (Å²) in [4.78, 5) is 18.2. The molecule has 0 aliphatic heterocycles. The molecule has 0 aliphatic carbocycles. The van der Waals surface area contributed by atoms with E-state index in [1.807, 2.05) is 42.5 Å². The lowest BCUT2D eigenvalue weighted by Gasteiger charge is -2.22. The first kappa shape index (κ1) is 16.0. The van der Waals surface area contributed by atoms with Gasteiger partial charge in [-0.1, -0.05) is 42.5 Å². The van der Waals surface area contributed by atoms with Gasteiger partial charge in [-0.15, -0.1) is 0 Å². The Morgan fingerprint density at radius 1 is 1.08 bits per heavy atom. The van der Waals surface area contributed by atoms with Crippen LogP contribution in [0.3, 0.4) is 0 Å². The Bertz CT molecular complexity index is 768. The lowest BCUT2D eigenvalue weighted by molar-refractivity contribution is 0.0708. The van der Waals surface area contributed by atoms with Gasteiger partial charge in [-0.3, -0.25) is 4.79 Å². The van der Waals surface area contributed by atoms with Crippen LogP contribution >= 0.6 is 0 Å². The smallest absolute Gasteiger partial charge is 0.254 e. The van der Waals surface area contributed by atoms with Crippen LogP contribution in [-0.2, 0) is 6.54 Å². The van der Waals surface area contributed by atoms with Crippen LogP contribution in [0.4, 0.5) is 0 Å². The van der Waals surface area contributed by atoms with Crippen LogP contribution in [0.1, 0.15) is 15.9 Å². The Balaban J connectivity index is 1.77. The van der Waals surface area contributed by atoms with Crippen molar-refractivity contribution in [2.24, 2.45) is 0 Å². The van der Waals surface area contributed by atoms with E-state index in [4.69, 9.17) is 4.42 Å². The zero-order valence-electron chi connectivity index (χ0n) is 13.1. The second kappa shape index (κ2) is 7.57. The standard InChI is InChI=1S/C19H18N2O3/c22-11-10-21(13-15-4-2-1-3-5-15)19(23)17-8-6-16(7-9-17)18-12-20-14-24-18/h1-9,12,14,22H,10-11,13H2. The highest BCUT2D eigenvalue weighted by atomic mass is 16.3. The van der Waals surface area contributed by atoms with Crippen molar-refractivity contribution < 1.29 is 14.3 Å². The van der Waals surface area contributed by atoms with Gasteiger partial charge in [-0.05, 0) is 17.7 Å². The molecule has 5 heteroatoms.